The van der Waals surface area contributed by atoms with Crippen molar-refractivity contribution in [2.45, 2.75) is 18.2 Å². The molecule has 1 aromatic rings. The molecule has 0 aliphatic carbocycles. The van der Waals surface area contributed by atoms with E-state index in [2.05, 4.69) is 21.0 Å². The number of hydrazone groups is 1. The Kier molecular flexibility index (Phi) is 3.62. The average molecular weight is 329 g/mol. The summed E-state index contributed by atoms with van der Waals surface area (Å²) in [6, 6.07) is 4.20. The molecule has 1 aliphatic heterocycles. The zero-order valence-electron chi connectivity index (χ0n) is 10.9. The van der Waals surface area contributed by atoms with Gasteiger partial charge in [0.2, 0.25) is 0 Å². The van der Waals surface area contributed by atoms with Gasteiger partial charge in [-0.15, -0.1) is 0 Å². The van der Waals surface area contributed by atoms with Crippen LogP contribution in [-0.2, 0) is 4.79 Å². The first-order chi connectivity index (χ1) is 8.87. The van der Waals surface area contributed by atoms with Crippen molar-refractivity contribution in [1.82, 2.24) is 5.01 Å². The second-order valence-electron chi connectivity index (χ2n) is 4.35. The summed E-state index contributed by atoms with van der Waals surface area (Å²) in [6.45, 7) is 3.94. The van der Waals surface area contributed by atoms with Crippen molar-refractivity contribution in [3.8, 4) is 5.75 Å². The standard InChI is InChI=1S/C13H14BrFN2O2/c1-4-19-10-7-8(15)5-6-9(10)11-13(2,14)12(18)17(3)16-11/h5-7H,4H2,1-3H3. The minimum atomic E-state index is -0.925. The Morgan fingerprint density at radius 1 is 1.53 bits per heavy atom. The van der Waals surface area contributed by atoms with Gasteiger partial charge in [0, 0.05) is 18.7 Å². The van der Waals surface area contributed by atoms with Gasteiger partial charge in [-0.05, 0) is 26.0 Å². The monoisotopic (exact) mass is 328 g/mol. The minimum Gasteiger partial charge on any atom is -0.493 e. The molecule has 102 valence electrons. The number of nitrogens with zero attached hydrogens (tertiary/aromatic N) is 2. The molecule has 2 rings (SSSR count). The van der Waals surface area contributed by atoms with Crippen LogP contribution in [0.2, 0.25) is 0 Å². The lowest BCUT2D eigenvalue weighted by Gasteiger charge is -2.18. The van der Waals surface area contributed by atoms with Crippen LogP contribution in [0.3, 0.4) is 0 Å². The summed E-state index contributed by atoms with van der Waals surface area (Å²) in [4.78, 5) is 12.0. The highest BCUT2D eigenvalue weighted by molar-refractivity contribution is 9.10. The second-order valence-corrected chi connectivity index (χ2v) is 5.94. The van der Waals surface area contributed by atoms with Crippen LogP contribution < -0.4 is 4.74 Å². The van der Waals surface area contributed by atoms with E-state index < -0.39 is 4.32 Å². The third-order valence-corrected chi connectivity index (χ3v) is 3.60. The van der Waals surface area contributed by atoms with Crippen LogP contribution >= 0.6 is 15.9 Å². The molecular weight excluding hydrogens is 315 g/mol. The van der Waals surface area contributed by atoms with Gasteiger partial charge >= 0.3 is 0 Å². The smallest absolute Gasteiger partial charge is 0.265 e. The molecule has 0 fully saturated rings. The van der Waals surface area contributed by atoms with Crippen LogP contribution in [0, 0.1) is 5.82 Å². The number of halogens is 2. The summed E-state index contributed by atoms with van der Waals surface area (Å²) in [5.74, 6) is -0.175. The van der Waals surface area contributed by atoms with Gasteiger partial charge in [0.05, 0.1) is 12.3 Å². The van der Waals surface area contributed by atoms with Crippen molar-refractivity contribution in [2.75, 3.05) is 13.7 Å². The fourth-order valence-corrected chi connectivity index (χ4v) is 2.52. The fraction of sp³-hybridized carbons (Fsp3) is 0.385. The number of hydrogen-bond acceptors (Lipinski definition) is 3. The summed E-state index contributed by atoms with van der Waals surface area (Å²) in [5.41, 5.74) is 1.13. The molecule has 1 atom stereocenters. The molecule has 1 unspecified atom stereocenters. The highest BCUT2D eigenvalue weighted by Gasteiger charge is 2.45. The van der Waals surface area contributed by atoms with Crippen LogP contribution in [0.15, 0.2) is 23.3 Å². The third-order valence-electron chi connectivity index (χ3n) is 2.89. The number of amides is 1. The van der Waals surface area contributed by atoms with Gasteiger partial charge in [0.1, 0.15) is 15.9 Å². The Bertz CT molecular complexity index is 558. The van der Waals surface area contributed by atoms with E-state index in [0.29, 0.717) is 23.6 Å². The molecule has 0 saturated heterocycles. The van der Waals surface area contributed by atoms with Crippen molar-refractivity contribution < 1.29 is 13.9 Å². The Labute approximate surface area is 119 Å². The first-order valence-electron chi connectivity index (χ1n) is 5.86. The van der Waals surface area contributed by atoms with Gasteiger partial charge in [-0.25, -0.2) is 9.40 Å². The zero-order valence-corrected chi connectivity index (χ0v) is 12.5. The highest BCUT2D eigenvalue weighted by atomic mass is 79.9. The number of ether oxygens (including phenoxy) is 1. The number of benzene rings is 1. The van der Waals surface area contributed by atoms with E-state index in [1.54, 1.807) is 20.0 Å². The van der Waals surface area contributed by atoms with Crippen molar-refractivity contribution in [3.63, 3.8) is 0 Å². The SMILES string of the molecule is CCOc1cc(F)ccc1C1=NN(C)C(=O)C1(C)Br. The van der Waals surface area contributed by atoms with E-state index in [4.69, 9.17) is 4.74 Å². The molecule has 4 nitrogen and oxygen atoms in total. The number of carbonyl (C=O) groups excluding carboxylic acids is 1. The molecule has 1 aromatic carbocycles. The maximum Gasteiger partial charge on any atom is 0.265 e. The summed E-state index contributed by atoms with van der Waals surface area (Å²) >= 11 is 3.38. The van der Waals surface area contributed by atoms with Gasteiger partial charge < -0.3 is 4.74 Å². The van der Waals surface area contributed by atoms with Crippen LogP contribution in [0.4, 0.5) is 4.39 Å². The van der Waals surface area contributed by atoms with Crippen LogP contribution in [-0.4, -0.2) is 34.6 Å². The van der Waals surface area contributed by atoms with E-state index >= 15 is 0 Å². The van der Waals surface area contributed by atoms with Crippen molar-refractivity contribution in [3.05, 3.63) is 29.6 Å². The summed E-state index contributed by atoms with van der Waals surface area (Å²) in [5, 5.41) is 5.48. The third kappa shape index (κ3) is 2.36. The summed E-state index contributed by atoms with van der Waals surface area (Å²) < 4.78 is 17.8. The van der Waals surface area contributed by atoms with Crippen molar-refractivity contribution in [1.29, 1.82) is 0 Å². The molecule has 0 aromatic heterocycles. The summed E-state index contributed by atoms with van der Waals surface area (Å²) in [7, 11) is 1.58. The first kappa shape index (κ1) is 14.0. The van der Waals surface area contributed by atoms with E-state index in [9.17, 15) is 9.18 Å². The quantitative estimate of drug-likeness (QED) is 0.800. The normalized spacial score (nSPS) is 22.7. The molecule has 0 bridgehead atoms. The molecule has 0 spiro atoms. The van der Waals surface area contributed by atoms with Crippen molar-refractivity contribution >= 4 is 27.5 Å². The predicted molar refractivity (Wildman–Crippen MR) is 74.2 cm³/mol. The maximum atomic E-state index is 13.3. The Balaban J connectivity index is 2.53. The topological polar surface area (TPSA) is 41.9 Å². The molecule has 1 amide bonds. The van der Waals surface area contributed by atoms with Gasteiger partial charge in [0.25, 0.3) is 5.91 Å². The van der Waals surface area contributed by atoms with Crippen LogP contribution in [0.5, 0.6) is 5.75 Å². The van der Waals surface area contributed by atoms with E-state index in [-0.39, 0.29) is 11.7 Å². The van der Waals surface area contributed by atoms with E-state index in [0.717, 1.165) is 0 Å². The lowest BCUT2D eigenvalue weighted by Crippen LogP contribution is -2.37. The lowest BCUT2D eigenvalue weighted by molar-refractivity contribution is -0.128. The minimum absolute atomic E-state index is 0.172. The van der Waals surface area contributed by atoms with Gasteiger partial charge in [-0.3, -0.25) is 4.79 Å². The molecular formula is C13H14BrFN2O2. The molecule has 19 heavy (non-hydrogen) atoms. The fourth-order valence-electron chi connectivity index (χ4n) is 1.97. The predicted octanol–water partition coefficient (Wildman–Crippen LogP) is 2.55. The van der Waals surface area contributed by atoms with Gasteiger partial charge in [0.15, 0.2) is 0 Å². The van der Waals surface area contributed by atoms with E-state index in [1.807, 2.05) is 6.92 Å². The second kappa shape index (κ2) is 4.92. The summed E-state index contributed by atoms with van der Waals surface area (Å²) in [6.07, 6.45) is 0. The largest absolute Gasteiger partial charge is 0.493 e. The number of alkyl halides is 1. The maximum absolute atomic E-state index is 13.3. The Morgan fingerprint density at radius 3 is 2.74 bits per heavy atom. The van der Waals surface area contributed by atoms with Gasteiger partial charge in [-0.1, -0.05) is 15.9 Å². The Hall–Kier alpha value is -1.43. The Morgan fingerprint density at radius 2 is 2.21 bits per heavy atom. The average Bonchev–Trinajstić information content (AvgIpc) is 2.54. The number of rotatable bonds is 3. The first-order valence-corrected chi connectivity index (χ1v) is 6.66. The lowest BCUT2D eigenvalue weighted by atomic mass is 9.97. The van der Waals surface area contributed by atoms with Crippen LogP contribution in [0.1, 0.15) is 19.4 Å². The van der Waals surface area contributed by atoms with Crippen LogP contribution in [0.25, 0.3) is 0 Å². The molecule has 0 saturated carbocycles. The number of hydrogen-bond donors (Lipinski definition) is 0. The molecule has 0 N–H and O–H groups in total. The van der Waals surface area contributed by atoms with Crippen molar-refractivity contribution in [2.24, 2.45) is 5.10 Å². The number of carbonyl (C=O) groups is 1. The molecule has 6 heteroatoms. The zero-order chi connectivity index (χ0) is 14.2. The van der Waals surface area contributed by atoms with E-state index in [1.165, 1.54) is 17.1 Å². The molecule has 1 aliphatic rings. The highest BCUT2D eigenvalue weighted by Crippen LogP contribution is 2.35. The van der Waals surface area contributed by atoms with Gasteiger partial charge in [-0.2, -0.15) is 5.10 Å². The molecule has 1 heterocycles. The molecule has 0 radical (unpaired) electrons.